The maximum Gasteiger partial charge on any atom is 0.259 e. The number of nitrogens with zero attached hydrogens (tertiary/aromatic N) is 1. The second-order valence-corrected chi connectivity index (χ2v) is 5.52. The molecule has 3 rings (SSSR count). The first-order chi connectivity index (χ1) is 10.7. The summed E-state index contributed by atoms with van der Waals surface area (Å²) in [5.41, 5.74) is 3.90. The van der Waals surface area contributed by atoms with Gasteiger partial charge in [-0.15, -0.1) is 0 Å². The fourth-order valence-electron chi connectivity index (χ4n) is 2.89. The van der Waals surface area contributed by atoms with Gasteiger partial charge in [-0.1, -0.05) is 12.1 Å². The Balaban J connectivity index is 1.83. The van der Waals surface area contributed by atoms with Gasteiger partial charge in [0, 0.05) is 25.0 Å². The Hall–Kier alpha value is -2.49. The maximum atomic E-state index is 12.4. The van der Waals surface area contributed by atoms with Crippen LogP contribution in [0.2, 0.25) is 0 Å². The molecule has 0 saturated carbocycles. The van der Waals surface area contributed by atoms with Crippen LogP contribution >= 0.6 is 0 Å². The predicted molar refractivity (Wildman–Crippen MR) is 89.0 cm³/mol. The summed E-state index contributed by atoms with van der Waals surface area (Å²) in [7, 11) is 3.67. The zero-order valence-electron chi connectivity index (χ0n) is 12.9. The minimum absolute atomic E-state index is 0.151. The molecule has 0 aromatic heterocycles. The van der Waals surface area contributed by atoms with Crippen LogP contribution < -0.4 is 15.0 Å². The molecular weight excluding hydrogens is 276 g/mol. The molecule has 0 atom stereocenters. The Bertz CT molecular complexity index is 697. The summed E-state index contributed by atoms with van der Waals surface area (Å²) in [6.45, 7) is 1.08. The van der Waals surface area contributed by atoms with Crippen LogP contribution in [0.5, 0.6) is 5.75 Å². The van der Waals surface area contributed by atoms with Gasteiger partial charge in [0.2, 0.25) is 0 Å². The standard InChI is InChI=1S/C18H20N2O2/c1-20-11-5-6-13-12-14(9-10-16(13)20)19-18(21)15-7-3-4-8-17(15)22-2/h3-4,7-10,12H,5-6,11H2,1-2H3,(H,19,21). The number of amides is 1. The first-order valence-electron chi connectivity index (χ1n) is 7.47. The molecule has 0 spiro atoms. The highest BCUT2D eigenvalue weighted by molar-refractivity contribution is 6.06. The Morgan fingerprint density at radius 1 is 1.23 bits per heavy atom. The Labute approximate surface area is 130 Å². The SMILES string of the molecule is COc1ccccc1C(=O)Nc1ccc2c(c1)CCCN2C. The molecule has 1 N–H and O–H groups in total. The van der Waals surface area contributed by atoms with E-state index in [0.29, 0.717) is 11.3 Å². The third kappa shape index (κ3) is 2.77. The summed E-state index contributed by atoms with van der Waals surface area (Å²) >= 11 is 0. The lowest BCUT2D eigenvalue weighted by atomic mass is 10.0. The highest BCUT2D eigenvalue weighted by Gasteiger charge is 2.16. The number of methoxy groups -OCH3 is 1. The summed E-state index contributed by atoms with van der Waals surface area (Å²) in [5.74, 6) is 0.430. The molecule has 1 heterocycles. The van der Waals surface area contributed by atoms with Gasteiger partial charge in [-0.25, -0.2) is 0 Å². The van der Waals surface area contributed by atoms with Crippen molar-refractivity contribution in [1.29, 1.82) is 0 Å². The normalized spacial score (nSPS) is 13.5. The lowest BCUT2D eigenvalue weighted by Gasteiger charge is -2.27. The number of nitrogens with one attached hydrogen (secondary N) is 1. The van der Waals surface area contributed by atoms with Crippen molar-refractivity contribution in [3.63, 3.8) is 0 Å². The second-order valence-electron chi connectivity index (χ2n) is 5.52. The molecule has 4 heteroatoms. The first-order valence-corrected chi connectivity index (χ1v) is 7.47. The Kier molecular flexibility index (Phi) is 4.00. The fraction of sp³-hybridized carbons (Fsp3) is 0.278. The van der Waals surface area contributed by atoms with Gasteiger partial charge < -0.3 is 15.0 Å². The van der Waals surface area contributed by atoms with Crippen LogP contribution in [0, 0.1) is 0 Å². The lowest BCUT2D eigenvalue weighted by molar-refractivity contribution is 0.102. The van der Waals surface area contributed by atoms with E-state index in [9.17, 15) is 4.79 Å². The van der Waals surface area contributed by atoms with Crippen molar-refractivity contribution >= 4 is 17.3 Å². The monoisotopic (exact) mass is 296 g/mol. The van der Waals surface area contributed by atoms with Crippen LogP contribution in [0.4, 0.5) is 11.4 Å². The maximum absolute atomic E-state index is 12.4. The lowest BCUT2D eigenvalue weighted by Crippen LogP contribution is -2.24. The number of carbonyl (C=O) groups excluding carboxylic acids is 1. The molecule has 22 heavy (non-hydrogen) atoms. The van der Waals surface area contributed by atoms with Gasteiger partial charge in [-0.3, -0.25) is 4.79 Å². The molecule has 1 amide bonds. The smallest absolute Gasteiger partial charge is 0.259 e. The van der Waals surface area contributed by atoms with E-state index in [1.807, 2.05) is 18.2 Å². The molecule has 0 fully saturated rings. The molecule has 2 aromatic carbocycles. The van der Waals surface area contributed by atoms with E-state index in [2.05, 4.69) is 29.4 Å². The van der Waals surface area contributed by atoms with Gasteiger partial charge in [0.15, 0.2) is 0 Å². The van der Waals surface area contributed by atoms with Gasteiger partial charge in [0.25, 0.3) is 5.91 Å². The number of hydrogen-bond donors (Lipinski definition) is 1. The molecule has 0 radical (unpaired) electrons. The number of carbonyl (C=O) groups is 1. The third-order valence-corrected chi connectivity index (χ3v) is 4.04. The van der Waals surface area contributed by atoms with Crippen LogP contribution in [0.15, 0.2) is 42.5 Å². The van der Waals surface area contributed by atoms with Gasteiger partial charge in [-0.2, -0.15) is 0 Å². The molecule has 0 unspecified atom stereocenters. The van der Waals surface area contributed by atoms with Gasteiger partial charge in [0.1, 0.15) is 5.75 Å². The van der Waals surface area contributed by atoms with Crippen molar-refractivity contribution in [2.24, 2.45) is 0 Å². The van der Waals surface area contributed by atoms with Crippen molar-refractivity contribution in [2.45, 2.75) is 12.8 Å². The topological polar surface area (TPSA) is 41.6 Å². The number of para-hydroxylation sites is 1. The molecule has 1 aliphatic heterocycles. The number of hydrogen-bond acceptors (Lipinski definition) is 3. The molecule has 0 aliphatic carbocycles. The first kappa shape index (κ1) is 14.4. The largest absolute Gasteiger partial charge is 0.496 e. The highest BCUT2D eigenvalue weighted by atomic mass is 16.5. The van der Waals surface area contributed by atoms with E-state index in [1.165, 1.54) is 11.3 Å². The van der Waals surface area contributed by atoms with Crippen LogP contribution in [0.1, 0.15) is 22.3 Å². The molecule has 1 aliphatic rings. The number of benzene rings is 2. The van der Waals surface area contributed by atoms with Gasteiger partial charge in [0.05, 0.1) is 12.7 Å². The summed E-state index contributed by atoms with van der Waals surface area (Å²) in [5, 5.41) is 2.96. The van der Waals surface area contributed by atoms with Crippen molar-refractivity contribution in [1.82, 2.24) is 0 Å². The quantitative estimate of drug-likeness (QED) is 0.944. The van der Waals surface area contributed by atoms with Crippen molar-refractivity contribution in [3.8, 4) is 5.75 Å². The van der Waals surface area contributed by atoms with E-state index in [4.69, 9.17) is 4.74 Å². The molecule has 2 aromatic rings. The van der Waals surface area contributed by atoms with E-state index in [-0.39, 0.29) is 5.91 Å². The van der Waals surface area contributed by atoms with Crippen LogP contribution in [-0.2, 0) is 6.42 Å². The minimum Gasteiger partial charge on any atom is -0.496 e. The summed E-state index contributed by atoms with van der Waals surface area (Å²) in [6.07, 6.45) is 2.20. The van der Waals surface area contributed by atoms with Crippen LogP contribution in [0.3, 0.4) is 0 Å². The predicted octanol–water partition coefficient (Wildman–Crippen LogP) is 3.33. The molecule has 4 nitrogen and oxygen atoms in total. The van der Waals surface area contributed by atoms with E-state index < -0.39 is 0 Å². The molecule has 0 bridgehead atoms. The minimum atomic E-state index is -0.151. The van der Waals surface area contributed by atoms with E-state index in [1.54, 1.807) is 19.2 Å². The van der Waals surface area contributed by atoms with Crippen LogP contribution in [-0.4, -0.2) is 26.6 Å². The van der Waals surface area contributed by atoms with Gasteiger partial charge in [-0.05, 0) is 48.7 Å². The van der Waals surface area contributed by atoms with Crippen molar-refractivity contribution < 1.29 is 9.53 Å². The van der Waals surface area contributed by atoms with E-state index >= 15 is 0 Å². The average Bonchev–Trinajstić information content (AvgIpc) is 2.55. The number of rotatable bonds is 3. The second kappa shape index (κ2) is 6.10. The number of ether oxygens (including phenoxy) is 1. The zero-order chi connectivity index (χ0) is 15.5. The van der Waals surface area contributed by atoms with E-state index in [0.717, 1.165) is 25.1 Å². The average molecular weight is 296 g/mol. The molecule has 114 valence electrons. The summed E-state index contributed by atoms with van der Waals surface area (Å²) < 4.78 is 5.24. The zero-order valence-corrected chi connectivity index (χ0v) is 12.9. The van der Waals surface area contributed by atoms with Crippen molar-refractivity contribution in [2.75, 3.05) is 30.9 Å². The van der Waals surface area contributed by atoms with Crippen molar-refractivity contribution in [3.05, 3.63) is 53.6 Å². The number of aryl methyl sites for hydroxylation is 1. The highest BCUT2D eigenvalue weighted by Crippen LogP contribution is 2.29. The fourth-order valence-corrected chi connectivity index (χ4v) is 2.89. The molecular formula is C18H20N2O2. The van der Waals surface area contributed by atoms with Gasteiger partial charge >= 0.3 is 0 Å². The summed E-state index contributed by atoms with van der Waals surface area (Å²) in [4.78, 5) is 14.7. The molecule has 0 saturated heterocycles. The number of fused-ring (bicyclic) bond motifs is 1. The summed E-state index contributed by atoms with van der Waals surface area (Å²) in [6, 6.07) is 13.3. The Morgan fingerprint density at radius 2 is 2.05 bits per heavy atom. The third-order valence-electron chi connectivity index (χ3n) is 4.04. The number of anilines is 2. The Morgan fingerprint density at radius 3 is 2.86 bits per heavy atom. The van der Waals surface area contributed by atoms with Crippen LogP contribution in [0.25, 0.3) is 0 Å².